The molecule has 0 aliphatic carbocycles. The summed E-state index contributed by atoms with van der Waals surface area (Å²) in [5.74, 6) is 0.143. The Morgan fingerprint density at radius 2 is 1.82 bits per heavy atom. The van der Waals surface area contributed by atoms with Crippen LogP contribution in [0, 0.1) is 0 Å². The molecule has 5 rings (SSSR count). The number of benzene rings is 2. The third kappa shape index (κ3) is 4.09. The Morgan fingerprint density at radius 3 is 2.64 bits per heavy atom. The number of likely N-dealkylation sites (N-methyl/N-ethyl adjacent to an activating group) is 1. The molecule has 33 heavy (non-hydrogen) atoms. The first-order chi connectivity index (χ1) is 16.0. The van der Waals surface area contributed by atoms with Gasteiger partial charge in [0.2, 0.25) is 0 Å². The SMILES string of the molecule is CN1CCN(c2ccccc2C(=O)N(C)c2nnc(-c3ccnc4c(Br)cccc34)o2)CC1. The topological polar surface area (TPSA) is 78.6 Å². The summed E-state index contributed by atoms with van der Waals surface area (Å²) >= 11 is 3.53. The second-order valence-corrected chi connectivity index (χ2v) is 8.91. The van der Waals surface area contributed by atoms with E-state index in [0.717, 1.165) is 52.8 Å². The first-order valence-corrected chi connectivity index (χ1v) is 11.5. The van der Waals surface area contributed by atoms with Gasteiger partial charge in [-0.3, -0.25) is 14.7 Å². The van der Waals surface area contributed by atoms with Crippen molar-refractivity contribution in [1.82, 2.24) is 20.1 Å². The molecule has 0 radical (unpaired) electrons. The van der Waals surface area contributed by atoms with Crippen LogP contribution in [0.4, 0.5) is 11.7 Å². The molecule has 0 spiro atoms. The highest BCUT2D eigenvalue weighted by Gasteiger charge is 2.25. The zero-order valence-electron chi connectivity index (χ0n) is 18.4. The maximum Gasteiger partial charge on any atom is 0.325 e. The van der Waals surface area contributed by atoms with E-state index in [1.54, 1.807) is 13.2 Å². The summed E-state index contributed by atoms with van der Waals surface area (Å²) in [6.45, 7) is 3.67. The van der Waals surface area contributed by atoms with Gasteiger partial charge < -0.3 is 14.2 Å². The van der Waals surface area contributed by atoms with Gasteiger partial charge in [0.1, 0.15) is 0 Å². The van der Waals surface area contributed by atoms with E-state index in [2.05, 4.69) is 48.0 Å². The highest BCUT2D eigenvalue weighted by Crippen LogP contribution is 2.32. The molecule has 1 aliphatic rings. The average Bonchev–Trinajstić information content (AvgIpc) is 3.34. The zero-order chi connectivity index (χ0) is 22.9. The number of carbonyl (C=O) groups excluding carboxylic acids is 1. The minimum atomic E-state index is -0.193. The molecule has 1 aliphatic heterocycles. The normalized spacial score (nSPS) is 14.6. The molecule has 2 aromatic carbocycles. The van der Waals surface area contributed by atoms with Crippen molar-refractivity contribution in [2.45, 2.75) is 0 Å². The maximum atomic E-state index is 13.4. The number of aromatic nitrogens is 3. The average molecular weight is 507 g/mol. The maximum absolute atomic E-state index is 13.4. The van der Waals surface area contributed by atoms with Gasteiger partial charge >= 0.3 is 6.01 Å². The number of anilines is 2. The molecule has 1 amide bonds. The molecule has 3 heterocycles. The Morgan fingerprint density at radius 1 is 1.03 bits per heavy atom. The third-order valence-corrected chi connectivity index (χ3v) is 6.58. The van der Waals surface area contributed by atoms with Crippen LogP contribution in [0.2, 0.25) is 0 Å². The van der Waals surface area contributed by atoms with Crippen LogP contribution in [0.25, 0.3) is 22.4 Å². The molecule has 2 aromatic heterocycles. The van der Waals surface area contributed by atoms with Crippen LogP contribution >= 0.6 is 15.9 Å². The molecule has 9 heteroatoms. The molecule has 4 aromatic rings. The van der Waals surface area contributed by atoms with Crippen molar-refractivity contribution in [3.05, 3.63) is 64.8 Å². The summed E-state index contributed by atoms with van der Waals surface area (Å²) in [5, 5.41) is 9.26. The summed E-state index contributed by atoms with van der Waals surface area (Å²) in [6.07, 6.45) is 1.70. The molecule has 0 atom stereocenters. The summed E-state index contributed by atoms with van der Waals surface area (Å²) in [7, 11) is 3.77. The van der Waals surface area contributed by atoms with Crippen LogP contribution in [0.15, 0.2) is 63.6 Å². The van der Waals surface area contributed by atoms with Gasteiger partial charge in [-0.2, -0.15) is 0 Å². The van der Waals surface area contributed by atoms with E-state index in [1.165, 1.54) is 4.90 Å². The Bertz CT molecular complexity index is 1320. The Hall–Kier alpha value is -3.30. The van der Waals surface area contributed by atoms with Crippen molar-refractivity contribution in [2.24, 2.45) is 0 Å². The summed E-state index contributed by atoms with van der Waals surface area (Å²) < 4.78 is 6.82. The molecule has 8 nitrogen and oxygen atoms in total. The van der Waals surface area contributed by atoms with E-state index in [4.69, 9.17) is 4.42 Å². The minimum absolute atomic E-state index is 0.142. The largest absolute Gasteiger partial charge is 0.403 e. The van der Waals surface area contributed by atoms with Crippen molar-refractivity contribution in [3.63, 3.8) is 0 Å². The number of fused-ring (bicyclic) bond motifs is 1. The molecule has 0 N–H and O–H groups in total. The van der Waals surface area contributed by atoms with Gasteiger partial charge in [0.05, 0.1) is 11.1 Å². The Labute approximate surface area is 200 Å². The van der Waals surface area contributed by atoms with Crippen LogP contribution < -0.4 is 9.80 Å². The van der Waals surface area contributed by atoms with Gasteiger partial charge in [0.25, 0.3) is 11.8 Å². The monoisotopic (exact) mass is 506 g/mol. The van der Waals surface area contributed by atoms with Gasteiger partial charge in [0.15, 0.2) is 0 Å². The van der Waals surface area contributed by atoms with Crippen LogP contribution in [0.3, 0.4) is 0 Å². The molecule has 0 bridgehead atoms. The molecule has 0 unspecified atom stereocenters. The highest BCUT2D eigenvalue weighted by molar-refractivity contribution is 9.10. The molecule has 1 fully saturated rings. The molecule has 168 valence electrons. The number of piperazine rings is 1. The van der Waals surface area contributed by atoms with E-state index in [-0.39, 0.29) is 11.9 Å². The number of hydrogen-bond donors (Lipinski definition) is 0. The van der Waals surface area contributed by atoms with Crippen molar-refractivity contribution in [3.8, 4) is 11.5 Å². The summed E-state index contributed by atoms with van der Waals surface area (Å²) in [5.41, 5.74) is 3.11. The first kappa shape index (κ1) is 21.5. The van der Waals surface area contributed by atoms with E-state index < -0.39 is 0 Å². The number of nitrogens with zero attached hydrogens (tertiary/aromatic N) is 6. The van der Waals surface area contributed by atoms with Crippen molar-refractivity contribution in [2.75, 3.05) is 50.1 Å². The number of hydrogen-bond acceptors (Lipinski definition) is 7. The fourth-order valence-electron chi connectivity index (χ4n) is 4.03. The fraction of sp³-hybridized carbons (Fsp3) is 0.250. The van der Waals surface area contributed by atoms with Gasteiger partial charge in [0, 0.05) is 60.5 Å². The quantitative estimate of drug-likeness (QED) is 0.412. The number of para-hydroxylation sites is 2. The van der Waals surface area contributed by atoms with E-state index >= 15 is 0 Å². The van der Waals surface area contributed by atoms with Crippen molar-refractivity contribution < 1.29 is 9.21 Å². The van der Waals surface area contributed by atoms with Crippen LogP contribution in [-0.2, 0) is 0 Å². The molecular formula is C24H23BrN6O2. The van der Waals surface area contributed by atoms with E-state index in [1.807, 2.05) is 48.5 Å². The highest BCUT2D eigenvalue weighted by atomic mass is 79.9. The van der Waals surface area contributed by atoms with Gasteiger partial charge in [-0.15, -0.1) is 5.10 Å². The predicted octanol–water partition coefficient (Wildman–Crippen LogP) is 4.08. The standard InChI is InChI=1S/C24H23BrN6O2/c1-29-12-14-31(15-13-29)20-9-4-3-6-18(20)23(32)30(2)24-28-27-22(33-24)17-10-11-26-21-16(17)7-5-8-19(21)25/h3-11H,12-15H2,1-2H3. The molecule has 0 saturated carbocycles. The number of halogens is 1. The summed E-state index contributed by atoms with van der Waals surface area (Å²) in [4.78, 5) is 23.8. The van der Waals surface area contributed by atoms with Crippen LogP contribution in [-0.4, -0.2) is 66.3 Å². The third-order valence-electron chi connectivity index (χ3n) is 5.94. The summed E-state index contributed by atoms with van der Waals surface area (Å²) in [6, 6.07) is 15.5. The second-order valence-electron chi connectivity index (χ2n) is 8.06. The lowest BCUT2D eigenvalue weighted by atomic mass is 10.1. The van der Waals surface area contributed by atoms with Gasteiger partial charge in [-0.05, 0) is 47.2 Å². The lowest BCUT2D eigenvalue weighted by Crippen LogP contribution is -2.45. The smallest absolute Gasteiger partial charge is 0.325 e. The Kier molecular flexibility index (Phi) is 5.82. The molecule has 1 saturated heterocycles. The second kappa shape index (κ2) is 8.92. The number of pyridine rings is 1. The van der Waals surface area contributed by atoms with E-state index in [9.17, 15) is 4.79 Å². The van der Waals surface area contributed by atoms with Crippen LogP contribution in [0.5, 0.6) is 0 Å². The lowest BCUT2D eigenvalue weighted by molar-refractivity contribution is 0.0988. The predicted molar refractivity (Wildman–Crippen MR) is 132 cm³/mol. The van der Waals surface area contributed by atoms with Crippen molar-refractivity contribution >= 4 is 44.4 Å². The fourth-order valence-corrected chi connectivity index (χ4v) is 4.50. The number of amides is 1. The first-order valence-electron chi connectivity index (χ1n) is 10.7. The van der Waals surface area contributed by atoms with Crippen LogP contribution in [0.1, 0.15) is 10.4 Å². The minimum Gasteiger partial charge on any atom is -0.403 e. The number of carbonyl (C=O) groups is 1. The lowest BCUT2D eigenvalue weighted by Gasteiger charge is -2.35. The zero-order valence-corrected chi connectivity index (χ0v) is 20.0. The number of rotatable bonds is 4. The molecular weight excluding hydrogens is 484 g/mol. The van der Waals surface area contributed by atoms with Gasteiger partial charge in [-0.1, -0.05) is 29.4 Å². The van der Waals surface area contributed by atoms with E-state index in [0.29, 0.717) is 11.5 Å². The van der Waals surface area contributed by atoms with Gasteiger partial charge in [-0.25, -0.2) is 0 Å². The van der Waals surface area contributed by atoms with Crippen molar-refractivity contribution in [1.29, 1.82) is 0 Å². The Balaban J connectivity index is 1.44.